The van der Waals surface area contributed by atoms with Gasteiger partial charge in [0.1, 0.15) is 0 Å². The van der Waals surface area contributed by atoms with Crippen molar-refractivity contribution < 1.29 is 16.8 Å². The molecule has 4 aromatic carbocycles. The lowest BCUT2D eigenvalue weighted by Gasteiger charge is -2.25. The second-order valence-corrected chi connectivity index (χ2v) is 14.5. The molecular formula is C33H30N2O4S2. The maximum Gasteiger partial charge on any atom is 0.239 e. The molecule has 0 atom stereocenters. The Balaban J connectivity index is 1.40. The summed E-state index contributed by atoms with van der Waals surface area (Å²) < 4.78 is 53.1. The fourth-order valence-electron chi connectivity index (χ4n) is 5.16. The van der Waals surface area contributed by atoms with E-state index in [4.69, 9.17) is 0 Å². The van der Waals surface area contributed by atoms with Crippen LogP contribution in [0.25, 0.3) is 22.0 Å². The third kappa shape index (κ3) is 6.04. The molecule has 8 heteroatoms. The van der Waals surface area contributed by atoms with Crippen LogP contribution in [-0.2, 0) is 32.2 Å². The Labute approximate surface area is 241 Å². The van der Waals surface area contributed by atoms with Gasteiger partial charge in [0.2, 0.25) is 10.0 Å². The molecule has 0 amide bonds. The highest BCUT2D eigenvalue weighted by Crippen LogP contribution is 2.43. The van der Waals surface area contributed by atoms with Crippen LogP contribution in [0.5, 0.6) is 0 Å². The maximum atomic E-state index is 13.8. The lowest BCUT2D eigenvalue weighted by molar-refractivity contribution is 0.589. The summed E-state index contributed by atoms with van der Waals surface area (Å²) >= 11 is 0. The highest BCUT2D eigenvalue weighted by atomic mass is 32.2. The number of rotatable bonds is 9. The SMILES string of the molecule is CS(=O)(=O)c1ccc(N(Cc2cccc(-c3cc(C4CC4)cc4cccnc34)c2)S(=O)(=O)Cc2ccccc2)cc1. The lowest BCUT2D eigenvalue weighted by Crippen LogP contribution is -2.31. The number of hydrogen-bond acceptors (Lipinski definition) is 5. The minimum atomic E-state index is -3.83. The number of sulfonamides is 1. The van der Waals surface area contributed by atoms with Gasteiger partial charge in [-0.2, -0.15) is 0 Å². The Bertz CT molecular complexity index is 1940. The third-order valence-corrected chi connectivity index (χ3v) is 10.3. The maximum absolute atomic E-state index is 13.8. The van der Waals surface area contributed by atoms with Crippen LogP contribution in [0.3, 0.4) is 0 Å². The Hall–Kier alpha value is -4.01. The predicted molar refractivity (Wildman–Crippen MR) is 164 cm³/mol. The molecule has 41 heavy (non-hydrogen) atoms. The summed E-state index contributed by atoms with van der Waals surface area (Å²) in [5, 5.41) is 1.09. The van der Waals surface area contributed by atoms with Gasteiger partial charge in [0.15, 0.2) is 9.84 Å². The van der Waals surface area contributed by atoms with Gasteiger partial charge >= 0.3 is 0 Å². The molecule has 1 fully saturated rings. The Kier molecular flexibility index (Phi) is 7.13. The molecule has 5 aromatic rings. The van der Waals surface area contributed by atoms with Gasteiger partial charge in [0, 0.05) is 23.4 Å². The summed E-state index contributed by atoms with van der Waals surface area (Å²) in [4.78, 5) is 4.81. The zero-order valence-electron chi connectivity index (χ0n) is 22.6. The molecule has 6 nitrogen and oxygen atoms in total. The number of pyridine rings is 1. The van der Waals surface area contributed by atoms with Gasteiger partial charge in [-0.25, -0.2) is 16.8 Å². The van der Waals surface area contributed by atoms with Gasteiger partial charge in [-0.15, -0.1) is 0 Å². The van der Waals surface area contributed by atoms with E-state index in [0.717, 1.165) is 33.8 Å². The number of sulfone groups is 1. The molecule has 1 saturated carbocycles. The number of nitrogens with zero attached hydrogens (tertiary/aromatic N) is 2. The zero-order chi connectivity index (χ0) is 28.6. The van der Waals surface area contributed by atoms with E-state index in [1.165, 1.54) is 34.8 Å². The number of anilines is 1. The monoisotopic (exact) mass is 582 g/mol. The number of hydrogen-bond donors (Lipinski definition) is 0. The van der Waals surface area contributed by atoms with Crippen molar-refractivity contribution >= 4 is 36.5 Å². The van der Waals surface area contributed by atoms with Crippen LogP contribution >= 0.6 is 0 Å². The largest absolute Gasteiger partial charge is 0.266 e. The van der Waals surface area contributed by atoms with Crippen LogP contribution in [0.4, 0.5) is 5.69 Å². The second-order valence-electron chi connectivity index (χ2n) is 10.6. The molecule has 0 radical (unpaired) electrons. The van der Waals surface area contributed by atoms with Gasteiger partial charge in [-0.05, 0) is 89.5 Å². The van der Waals surface area contributed by atoms with Crippen molar-refractivity contribution in [2.75, 3.05) is 10.6 Å². The van der Waals surface area contributed by atoms with Gasteiger partial charge < -0.3 is 0 Å². The minimum Gasteiger partial charge on any atom is -0.266 e. The van der Waals surface area contributed by atoms with Crippen molar-refractivity contribution in [1.29, 1.82) is 0 Å². The summed E-state index contributed by atoms with van der Waals surface area (Å²) in [5.74, 6) is 0.398. The van der Waals surface area contributed by atoms with E-state index >= 15 is 0 Å². The van der Waals surface area contributed by atoms with Gasteiger partial charge in [0.25, 0.3) is 0 Å². The number of fused-ring (bicyclic) bond motifs is 1. The number of aromatic nitrogens is 1. The molecule has 1 heterocycles. The van der Waals surface area contributed by atoms with Gasteiger partial charge in [-0.3, -0.25) is 9.29 Å². The van der Waals surface area contributed by atoms with E-state index in [-0.39, 0.29) is 17.2 Å². The van der Waals surface area contributed by atoms with Crippen LogP contribution in [-0.4, -0.2) is 28.1 Å². The molecule has 1 aliphatic carbocycles. The van der Waals surface area contributed by atoms with E-state index in [2.05, 4.69) is 23.2 Å². The quantitative estimate of drug-likeness (QED) is 0.193. The third-order valence-electron chi connectivity index (χ3n) is 7.42. The molecule has 1 aromatic heterocycles. The van der Waals surface area contributed by atoms with Gasteiger partial charge in [-0.1, -0.05) is 54.6 Å². The highest BCUT2D eigenvalue weighted by Gasteiger charge is 2.26. The van der Waals surface area contributed by atoms with Crippen molar-refractivity contribution in [3.05, 3.63) is 126 Å². The molecule has 0 unspecified atom stereocenters. The summed E-state index contributed by atoms with van der Waals surface area (Å²) in [6, 6.07) is 31.5. The second kappa shape index (κ2) is 10.8. The highest BCUT2D eigenvalue weighted by molar-refractivity contribution is 7.92. The first kappa shape index (κ1) is 27.2. The van der Waals surface area contributed by atoms with Crippen LogP contribution in [0.15, 0.2) is 114 Å². The fraction of sp³-hybridized carbons (Fsp3) is 0.182. The molecule has 6 rings (SSSR count). The Morgan fingerprint density at radius 1 is 0.780 bits per heavy atom. The summed E-state index contributed by atoms with van der Waals surface area (Å²) in [7, 11) is -7.25. The van der Waals surface area contributed by atoms with Gasteiger partial charge in [0.05, 0.1) is 28.4 Å². The first-order chi connectivity index (χ1) is 19.7. The Morgan fingerprint density at radius 2 is 1.51 bits per heavy atom. The predicted octanol–water partition coefficient (Wildman–Crippen LogP) is 6.72. The first-order valence-electron chi connectivity index (χ1n) is 13.5. The number of benzene rings is 4. The smallest absolute Gasteiger partial charge is 0.239 e. The average Bonchev–Trinajstić information content (AvgIpc) is 3.81. The van der Waals surface area contributed by atoms with Crippen molar-refractivity contribution in [1.82, 2.24) is 4.98 Å². The van der Waals surface area contributed by atoms with E-state index in [0.29, 0.717) is 17.2 Å². The summed E-state index contributed by atoms with van der Waals surface area (Å²) in [5.41, 5.74) is 6.12. The first-order valence-corrected chi connectivity index (χ1v) is 17.0. The normalized spacial score (nSPS) is 13.8. The molecule has 0 spiro atoms. The molecule has 208 valence electrons. The van der Waals surface area contributed by atoms with E-state index in [1.54, 1.807) is 30.5 Å². The molecule has 0 N–H and O–H groups in total. The summed E-state index contributed by atoms with van der Waals surface area (Å²) in [6.45, 7) is 0.0922. The molecule has 0 aliphatic heterocycles. The van der Waals surface area contributed by atoms with Crippen molar-refractivity contribution in [2.24, 2.45) is 0 Å². The van der Waals surface area contributed by atoms with Crippen molar-refractivity contribution in [2.45, 2.75) is 36.0 Å². The van der Waals surface area contributed by atoms with E-state index in [9.17, 15) is 16.8 Å². The van der Waals surface area contributed by atoms with E-state index < -0.39 is 19.9 Å². The zero-order valence-corrected chi connectivity index (χ0v) is 24.3. The molecule has 0 bridgehead atoms. The average molecular weight is 583 g/mol. The van der Waals surface area contributed by atoms with E-state index in [1.807, 2.05) is 48.5 Å². The minimum absolute atomic E-state index is 0.0922. The molecular weight excluding hydrogens is 553 g/mol. The molecule has 0 saturated heterocycles. The van der Waals surface area contributed by atoms with Crippen LogP contribution in [0.1, 0.15) is 35.4 Å². The Morgan fingerprint density at radius 3 is 2.22 bits per heavy atom. The van der Waals surface area contributed by atoms with Crippen molar-refractivity contribution in [3.8, 4) is 11.1 Å². The fourth-order valence-corrected chi connectivity index (χ4v) is 7.35. The van der Waals surface area contributed by atoms with Crippen LogP contribution in [0.2, 0.25) is 0 Å². The lowest BCUT2D eigenvalue weighted by atomic mass is 9.96. The topological polar surface area (TPSA) is 84.4 Å². The summed E-state index contributed by atoms with van der Waals surface area (Å²) in [6.07, 6.45) is 5.31. The molecule has 1 aliphatic rings. The van der Waals surface area contributed by atoms with Crippen molar-refractivity contribution in [3.63, 3.8) is 0 Å². The van der Waals surface area contributed by atoms with Crippen LogP contribution in [0, 0.1) is 0 Å². The van der Waals surface area contributed by atoms with Crippen LogP contribution < -0.4 is 4.31 Å². The standard InChI is InChI=1S/C33H30N2O4S2/c1-40(36,37)31-16-14-30(15-17-31)35(41(38,39)23-24-7-3-2-4-8-24)22-25-9-5-10-27(19-25)32-21-29(26-12-13-26)20-28-11-6-18-34-33(28)32/h2-11,14-21,26H,12-13,22-23H2,1H3.